The summed E-state index contributed by atoms with van der Waals surface area (Å²) in [6.07, 6.45) is 3.16. The van der Waals surface area contributed by atoms with Gasteiger partial charge in [0.25, 0.3) is 0 Å². The summed E-state index contributed by atoms with van der Waals surface area (Å²) in [5.74, 6) is 0.431. The number of halogens is 1. The molecule has 3 rings (SSSR count). The van der Waals surface area contributed by atoms with E-state index in [1.165, 1.54) is 12.1 Å². The van der Waals surface area contributed by atoms with E-state index in [0.717, 1.165) is 18.4 Å². The lowest BCUT2D eigenvalue weighted by atomic mass is 9.94. The third-order valence-corrected chi connectivity index (χ3v) is 3.82. The Hall–Kier alpha value is -1.13. The molecule has 0 aromatic heterocycles. The molecule has 0 spiro atoms. The van der Waals surface area contributed by atoms with Gasteiger partial charge in [0.1, 0.15) is 17.7 Å². The molecule has 2 N–H and O–H groups in total. The number of hydrogen-bond acceptors (Lipinski definition) is 3. The van der Waals surface area contributed by atoms with E-state index in [1.807, 2.05) is 0 Å². The van der Waals surface area contributed by atoms with Crippen LogP contribution in [0.2, 0.25) is 0 Å². The predicted molar refractivity (Wildman–Crippen MR) is 65.9 cm³/mol. The summed E-state index contributed by atoms with van der Waals surface area (Å²) in [4.78, 5) is 0. The third kappa shape index (κ3) is 2.10. The maximum Gasteiger partial charge on any atom is 0.127 e. The molecular formula is C14H18FNO2. The molecule has 1 aromatic rings. The van der Waals surface area contributed by atoms with Crippen molar-refractivity contribution in [3.05, 3.63) is 29.6 Å². The topological polar surface area (TPSA) is 44.5 Å². The van der Waals surface area contributed by atoms with Gasteiger partial charge in [0.2, 0.25) is 0 Å². The second-order valence-corrected chi connectivity index (χ2v) is 5.24. The van der Waals surface area contributed by atoms with Gasteiger partial charge in [-0.25, -0.2) is 4.39 Å². The Balaban J connectivity index is 1.81. The van der Waals surface area contributed by atoms with Crippen molar-refractivity contribution in [2.24, 2.45) is 5.73 Å². The third-order valence-electron chi connectivity index (χ3n) is 3.82. The molecular weight excluding hydrogens is 233 g/mol. The smallest absolute Gasteiger partial charge is 0.127 e. The molecule has 1 saturated heterocycles. The Bertz CT molecular complexity index is 451. The quantitative estimate of drug-likeness (QED) is 0.834. The Morgan fingerprint density at radius 3 is 2.83 bits per heavy atom. The first-order valence-corrected chi connectivity index (χ1v) is 6.50. The van der Waals surface area contributed by atoms with Crippen molar-refractivity contribution >= 4 is 0 Å². The van der Waals surface area contributed by atoms with Gasteiger partial charge in [-0.2, -0.15) is 0 Å². The van der Waals surface area contributed by atoms with Crippen LogP contribution in [0.1, 0.15) is 37.8 Å². The molecule has 2 aliphatic rings. The molecule has 1 fully saturated rings. The van der Waals surface area contributed by atoms with E-state index in [0.29, 0.717) is 18.3 Å². The molecule has 0 saturated carbocycles. The number of benzene rings is 1. The Morgan fingerprint density at radius 1 is 1.28 bits per heavy atom. The summed E-state index contributed by atoms with van der Waals surface area (Å²) < 4.78 is 24.9. The van der Waals surface area contributed by atoms with E-state index in [1.54, 1.807) is 6.07 Å². The summed E-state index contributed by atoms with van der Waals surface area (Å²) in [5, 5.41) is 0. The van der Waals surface area contributed by atoms with Gasteiger partial charge in [-0.05, 0) is 38.0 Å². The van der Waals surface area contributed by atoms with Gasteiger partial charge < -0.3 is 15.2 Å². The van der Waals surface area contributed by atoms with Crippen molar-refractivity contribution in [2.75, 3.05) is 0 Å². The molecule has 3 unspecified atom stereocenters. The monoisotopic (exact) mass is 251 g/mol. The second kappa shape index (κ2) is 4.52. The van der Waals surface area contributed by atoms with E-state index >= 15 is 0 Å². The summed E-state index contributed by atoms with van der Waals surface area (Å²) in [6, 6.07) is 4.36. The molecule has 0 aliphatic carbocycles. The van der Waals surface area contributed by atoms with Crippen molar-refractivity contribution in [3.8, 4) is 5.75 Å². The Morgan fingerprint density at radius 2 is 2.11 bits per heavy atom. The Kier molecular flexibility index (Phi) is 2.99. The minimum Gasteiger partial charge on any atom is -0.487 e. The molecule has 2 heterocycles. The fraction of sp³-hybridized carbons (Fsp3) is 0.571. The molecule has 1 aromatic carbocycles. The minimum atomic E-state index is -0.267. The van der Waals surface area contributed by atoms with Crippen LogP contribution >= 0.6 is 0 Å². The molecule has 0 amide bonds. The summed E-state index contributed by atoms with van der Waals surface area (Å²) in [6.45, 7) is 2.08. The van der Waals surface area contributed by atoms with Crippen LogP contribution in [-0.4, -0.2) is 18.3 Å². The van der Waals surface area contributed by atoms with E-state index in [-0.39, 0.29) is 24.1 Å². The molecule has 98 valence electrons. The molecule has 2 aliphatic heterocycles. The zero-order valence-corrected chi connectivity index (χ0v) is 10.4. The molecule has 4 atom stereocenters. The van der Waals surface area contributed by atoms with Crippen LogP contribution in [0.15, 0.2) is 18.2 Å². The van der Waals surface area contributed by atoms with Crippen molar-refractivity contribution in [1.29, 1.82) is 0 Å². The molecule has 0 bridgehead atoms. The van der Waals surface area contributed by atoms with Crippen LogP contribution in [0.3, 0.4) is 0 Å². The maximum atomic E-state index is 13.2. The SMILES string of the molecule is CC1CCC(C2C[C@H](N)c3cc(F)ccc3O2)O1. The Labute approximate surface area is 106 Å². The van der Waals surface area contributed by atoms with Gasteiger partial charge in [-0.15, -0.1) is 0 Å². The highest BCUT2D eigenvalue weighted by Crippen LogP contribution is 2.37. The van der Waals surface area contributed by atoms with Gasteiger partial charge in [0, 0.05) is 18.0 Å². The van der Waals surface area contributed by atoms with Gasteiger partial charge in [-0.1, -0.05) is 0 Å². The van der Waals surface area contributed by atoms with E-state index in [2.05, 4.69) is 6.92 Å². The molecule has 4 heteroatoms. The molecule has 18 heavy (non-hydrogen) atoms. The van der Waals surface area contributed by atoms with Gasteiger partial charge >= 0.3 is 0 Å². The molecule has 3 nitrogen and oxygen atoms in total. The number of nitrogens with two attached hydrogens (primary N) is 1. The predicted octanol–water partition coefficient (Wildman–Crippen LogP) is 2.54. The zero-order valence-electron chi connectivity index (χ0n) is 10.4. The average Bonchev–Trinajstić information content (AvgIpc) is 2.77. The fourth-order valence-corrected chi connectivity index (χ4v) is 2.84. The lowest BCUT2D eigenvalue weighted by Crippen LogP contribution is -2.38. The minimum absolute atomic E-state index is 0.0112. The van der Waals surface area contributed by atoms with Crippen molar-refractivity contribution in [1.82, 2.24) is 0 Å². The number of fused-ring (bicyclic) bond motifs is 1. The van der Waals surface area contributed by atoms with Crippen LogP contribution < -0.4 is 10.5 Å². The van der Waals surface area contributed by atoms with Crippen molar-refractivity contribution in [3.63, 3.8) is 0 Å². The summed E-state index contributed by atoms with van der Waals surface area (Å²) in [7, 11) is 0. The highest BCUT2D eigenvalue weighted by Gasteiger charge is 2.36. The first kappa shape index (κ1) is 11.9. The lowest BCUT2D eigenvalue weighted by molar-refractivity contribution is -0.0282. The normalized spacial score (nSPS) is 35.1. The first-order chi connectivity index (χ1) is 8.63. The number of rotatable bonds is 1. The van der Waals surface area contributed by atoms with E-state index in [4.69, 9.17) is 15.2 Å². The highest BCUT2D eigenvalue weighted by atomic mass is 19.1. The van der Waals surface area contributed by atoms with Crippen molar-refractivity contribution in [2.45, 2.75) is 50.5 Å². The highest BCUT2D eigenvalue weighted by molar-refractivity contribution is 5.38. The summed E-state index contributed by atoms with van der Waals surface area (Å²) in [5.41, 5.74) is 6.87. The summed E-state index contributed by atoms with van der Waals surface area (Å²) >= 11 is 0. The van der Waals surface area contributed by atoms with Crippen LogP contribution in [-0.2, 0) is 4.74 Å². The van der Waals surface area contributed by atoms with Crippen LogP contribution in [0.25, 0.3) is 0 Å². The standard InChI is InChI=1S/C14H18FNO2/c1-8-2-4-13(17-8)14-7-11(16)10-6-9(15)3-5-12(10)18-14/h3,5-6,8,11,13-14H,2,4,7,16H2,1H3/t8?,11-,13?,14?/m0/s1. The largest absolute Gasteiger partial charge is 0.487 e. The zero-order chi connectivity index (χ0) is 12.7. The number of ether oxygens (including phenoxy) is 2. The van der Waals surface area contributed by atoms with Gasteiger partial charge in [-0.3, -0.25) is 0 Å². The van der Waals surface area contributed by atoms with Gasteiger partial charge in [0.05, 0.1) is 12.2 Å². The van der Waals surface area contributed by atoms with Crippen LogP contribution in [0.4, 0.5) is 4.39 Å². The van der Waals surface area contributed by atoms with Crippen LogP contribution in [0, 0.1) is 5.82 Å². The van der Waals surface area contributed by atoms with Crippen molar-refractivity contribution < 1.29 is 13.9 Å². The van der Waals surface area contributed by atoms with E-state index < -0.39 is 0 Å². The fourth-order valence-electron chi connectivity index (χ4n) is 2.84. The lowest BCUT2D eigenvalue weighted by Gasteiger charge is -2.33. The average molecular weight is 251 g/mol. The van der Waals surface area contributed by atoms with E-state index in [9.17, 15) is 4.39 Å². The first-order valence-electron chi connectivity index (χ1n) is 6.50. The van der Waals surface area contributed by atoms with Gasteiger partial charge in [0.15, 0.2) is 0 Å². The molecule has 0 radical (unpaired) electrons. The number of hydrogen-bond donors (Lipinski definition) is 1. The van der Waals surface area contributed by atoms with Crippen LogP contribution in [0.5, 0.6) is 5.75 Å². The second-order valence-electron chi connectivity index (χ2n) is 5.24. The maximum absolute atomic E-state index is 13.2.